The Morgan fingerprint density at radius 2 is 0.480 bits per heavy atom. The van der Waals surface area contributed by atoms with Crippen LogP contribution in [0.25, 0.3) is 101 Å². The molecule has 13 rings (SSSR count). The molecule has 0 atom stereocenters. The van der Waals surface area contributed by atoms with Crippen LogP contribution in [0, 0.1) is 17.8 Å². The highest BCUT2D eigenvalue weighted by atomic mass is 16.2. The Kier molecular flexibility index (Phi) is 19.6. The fourth-order valence-electron chi connectivity index (χ4n) is 14.0. The van der Waals surface area contributed by atoms with Crippen LogP contribution in [0.2, 0.25) is 0 Å². The third-order valence-electron chi connectivity index (χ3n) is 20.3. The average Bonchev–Trinajstić information content (AvgIpc) is 0.805. The second-order valence-corrected chi connectivity index (χ2v) is 30.7. The lowest BCUT2D eigenvalue weighted by Gasteiger charge is -2.37. The zero-order valence-corrected chi connectivity index (χ0v) is 60.7. The van der Waals surface area contributed by atoms with Crippen molar-refractivity contribution in [2.24, 2.45) is 17.8 Å². The normalized spacial score (nSPS) is 14.8. The molecular formula is C93H90N6O3. The monoisotopic (exact) mass is 1340 g/mol. The fourth-order valence-corrected chi connectivity index (χ4v) is 14.0. The van der Waals surface area contributed by atoms with Crippen molar-refractivity contribution < 1.29 is 14.4 Å². The molecule has 3 aromatic heterocycles. The first-order valence-electron chi connectivity index (χ1n) is 35.5. The summed E-state index contributed by atoms with van der Waals surface area (Å²) in [6.07, 6.45) is 5.98. The first-order valence-corrected chi connectivity index (χ1v) is 35.5. The Labute approximate surface area is 602 Å². The summed E-state index contributed by atoms with van der Waals surface area (Å²) in [6, 6.07) is 89.0. The summed E-state index contributed by atoms with van der Waals surface area (Å²) in [5.74, 6) is -2.58. The minimum absolute atomic E-state index is 0.0673. The second-order valence-electron chi connectivity index (χ2n) is 30.7. The minimum Gasteiger partial charge on any atom is -0.314 e. The van der Waals surface area contributed by atoms with Gasteiger partial charge in [-0.3, -0.25) is 29.3 Å². The Balaban J connectivity index is 0.759. The zero-order valence-electron chi connectivity index (χ0n) is 60.7. The Morgan fingerprint density at radius 3 is 0.706 bits per heavy atom. The van der Waals surface area contributed by atoms with E-state index < -0.39 is 17.8 Å². The molecule has 3 amide bonds. The molecule has 0 radical (unpaired) electrons. The van der Waals surface area contributed by atoms with Crippen molar-refractivity contribution >= 4 is 34.8 Å². The quantitative estimate of drug-likeness (QED) is 0.101. The summed E-state index contributed by atoms with van der Waals surface area (Å²) >= 11 is 0. The van der Waals surface area contributed by atoms with Crippen molar-refractivity contribution in [2.45, 2.75) is 97.8 Å². The maximum absolute atomic E-state index is 15.2. The lowest BCUT2D eigenvalue weighted by molar-refractivity contribution is -0.131. The highest BCUT2D eigenvalue weighted by Gasteiger charge is 2.42. The summed E-state index contributed by atoms with van der Waals surface area (Å²) in [6.45, 7) is 20.2. The Hall–Kier alpha value is -11.2. The largest absolute Gasteiger partial charge is 0.314 e. The molecule has 0 bridgehead atoms. The van der Waals surface area contributed by atoms with E-state index in [4.69, 9.17) is 15.0 Å². The highest BCUT2D eigenvalue weighted by Crippen LogP contribution is 2.42. The molecule has 0 N–H and O–H groups in total. The van der Waals surface area contributed by atoms with Gasteiger partial charge in [0, 0.05) is 55.6 Å². The number of carbonyl (C=O) groups is 3. The van der Waals surface area contributed by atoms with Crippen molar-refractivity contribution in [3.63, 3.8) is 0 Å². The van der Waals surface area contributed by atoms with Gasteiger partial charge in [-0.2, -0.15) is 0 Å². The first kappa shape index (κ1) is 69.3. The van der Waals surface area contributed by atoms with E-state index in [9.17, 15) is 0 Å². The van der Waals surface area contributed by atoms with Crippen molar-refractivity contribution in [3.8, 4) is 101 Å². The van der Waals surface area contributed by atoms with E-state index in [-0.39, 0.29) is 53.2 Å². The number of carbonyl (C=O) groups excluding carboxylic acids is 3. The van der Waals surface area contributed by atoms with Crippen LogP contribution in [0.1, 0.15) is 98.3 Å². The van der Waals surface area contributed by atoms with Crippen LogP contribution < -0.4 is 14.7 Å². The van der Waals surface area contributed by atoms with Crippen LogP contribution >= 0.6 is 0 Å². The molecule has 12 aromatic rings. The van der Waals surface area contributed by atoms with Crippen LogP contribution in [0.3, 0.4) is 0 Å². The Morgan fingerprint density at radius 1 is 0.265 bits per heavy atom. The second kappa shape index (κ2) is 28.8. The molecule has 0 spiro atoms. The van der Waals surface area contributed by atoms with Crippen LogP contribution in [-0.4, -0.2) is 53.8 Å². The van der Waals surface area contributed by atoms with Gasteiger partial charge in [0.05, 0.1) is 52.7 Å². The van der Waals surface area contributed by atoms with Crippen LogP contribution in [0.15, 0.2) is 273 Å². The number of hydrogen-bond donors (Lipinski definition) is 0. The summed E-state index contributed by atoms with van der Waals surface area (Å²) in [5.41, 5.74) is 24.1. The summed E-state index contributed by atoms with van der Waals surface area (Å²) < 4.78 is 0. The van der Waals surface area contributed by atoms with E-state index in [0.29, 0.717) is 17.1 Å². The molecule has 0 aliphatic heterocycles. The third kappa shape index (κ3) is 15.4. The molecule has 9 nitrogen and oxygen atoms in total. The molecule has 0 unspecified atom stereocenters. The van der Waals surface area contributed by atoms with Gasteiger partial charge in [-0.05, 0) is 192 Å². The van der Waals surface area contributed by atoms with Crippen LogP contribution in [0.4, 0.5) is 17.1 Å². The maximum atomic E-state index is 15.2. The van der Waals surface area contributed by atoms with E-state index in [1.807, 2.05) is 54.6 Å². The molecule has 1 saturated carbocycles. The average molecular weight is 1340 g/mol. The number of rotatable bonds is 15. The van der Waals surface area contributed by atoms with Crippen molar-refractivity contribution in [3.05, 3.63) is 290 Å². The van der Waals surface area contributed by atoms with Gasteiger partial charge in [0.25, 0.3) is 0 Å². The number of aromatic nitrogens is 3. The lowest BCUT2D eigenvalue weighted by atomic mass is 9.73. The molecule has 1 fully saturated rings. The van der Waals surface area contributed by atoms with Gasteiger partial charge in [-0.15, -0.1) is 0 Å². The van der Waals surface area contributed by atoms with Crippen LogP contribution in [-0.2, 0) is 30.6 Å². The van der Waals surface area contributed by atoms with E-state index in [1.54, 1.807) is 54.4 Å². The maximum Gasteiger partial charge on any atom is 0.229 e. The van der Waals surface area contributed by atoms with E-state index >= 15 is 14.4 Å². The molecule has 102 heavy (non-hydrogen) atoms. The molecule has 510 valence electrons. The van der Waals surface area contributed by atoms with Gasteiger partial charge < -0.3 is 14.7 Å². The number of amides is 3. The highest BCUT2D eigenvalue weighted by molar-refractivity contribution is 6.00. The standard InChI is InChI=1S/C93H90N6O3/c1-91(2,3)79-52-70(61-25-16-13-17-26-61)46-73(55-79)64-31-22-34-67(43-64)85-40-37-82(58-94-85)97(10)88(100)76-49-77(89(101)98(11)83-38-41-86(95-59-83)68-35-23-32-65(44-68)74-47-71(62-27-18-14-19-28-62)53-80(56-74)92(4,5)6)51-78(50-76)90(102)99(12)84-39-42-87(96-60-84)69-36-24-33-66(45-69)75-48-72(63-29-20-15-21-30-63)54-81(57-75)93(7,8)9/h13-48,52-60,76-78H,49-51H2,1-12H3. The topological polar surface area (TPSA) is 99.6 Å². The SMILES string of the molecule is CN(C(=O)C1CC(C(=O)N(C)c2ccc(-c3cccc(-c4cc(-c5ccccc5)cc(C(C)(C)C)c4)c3)nc2)CC(C(=O)N(C)c2ccc(-c3cccc(-c4cc(-c5ccccc5)cc(C(C)(C)C)c4)c3)nc2)C1)c1ccc(-c2cccc(-c3cc(-c4ccccc4)cc(C(C)(C)C)c3)c2)nc1. The fraction of sp³-hybridized carbons (Fsp3) is 0.226. The summed E-state index contributed by atoms with van der Waals surface area (Å²) in [5, 5.41) is 0. The molecule has 0 saturated heterocycles. The zero-order chi connectivity index (χ0) is 71.6. The molecular weight excluding hydrogens is 1250 g/mol. The number of nitrogens with zero attached hydrogens (tertiary/aromatic N) is 6. The van der Waals surface area contributed by atoms with Crippen molar-refractivity contribution in [2.75, 3.05) is 35.8 Å². The van der Waals surface area contributed by atoms with Crippen molar-refractivity contribution in [1.82, 2.24) is 15.0 Å². The molecule has 9 aromatic carbocycles. The van der Waals surface area contributed by atoms with Crippen LogP contribution in [0.5, 0.6) is 0 Å². The number of hydrogen-bond acceptors (Lipinski definition) is 6. The van der Waals surface area contributed by atoms with Gasteiger partial charge in [0.15, 0.2) is 0 Å². The smallest absolute Gasteiger partial charge is 0.229 e. The van der Waals surface area contributed by atoms with Gasteiger partial charge >= 0.3 is 0 Å². The molecule has 1 aliphatic carbocycles. The number of pyridine rings is 3. The molecule has 1 aliphatic rings. The summed E-state index contributed by atoms with van der Waals surface area (Å²) in [7, 11) is 5.28. The number of benzene rings is 9. The lowest BCUT2D eigenvalue weighted by Crippen LogP contribution is -2.46. The first-order chi connectivity index (χ1) is 48.9. The summed E-state index contributed by atoms with van der Waals surface area (Å²) in [4.78, 5) is 65.3. The predicted octanol–water partition coefficient (Wildman–Crippen LogP) is 22.1. The van der Waals surface area contributed by atoms with E-state index in [0.717, 1.165) is 101 Å². The van der Waals surface area contributed by atoms with Crippen molar-refractivity contribution in [1.29, 1.82) is 0 Å². The van der Waals surface area contributed by atoms with Gasteiger partial charge in [0.1, 0.15) is 0 Å². The number of anilines is 3. The van der Waals surface area contributed by atoms with Gasteiger partial charge in [-0.25, -0.2) is 0 Å². The minimum atomic E-state index is -0.671. The van der Waals surface area contributed by atoms with E-state index in [2.05, 4.69) is 263 Å². The molecule has 9 heteroatoms. The third-order valence-corrected chi connectivity index (χ3v) is 20.3. The van der Waals surface area contributed by atoms with E-state index in [1.165, 1.54) is 16.7 Å². The Bertz CT molecular complexity index is 4500. The van der Waals surface area contributed by atoms with Gasteiger partial charge in [-0.1, -0.05) is 244 Å². The van der Waals surface area contributed by atoms with Gasteiger partial charge in [0.2, 0.25) is 17.7 Å². The molecule has 3 heterocycles. The predicted molar refractivity (Wildman–Crippen MR) is 422 cm³/mol.